The van der Waals surface area contributed by atoms with Crippen LogP contribution in [0.5, 0.6) is 0 Å². The van der Waals surface area contributed by atoms with E-state index in [4.69, 9.17) is 4.74 Å². The highest BCUT2D eigenvalue weighted by molar-refractivity contribution is 8.00. The van der Waals surface area contributed by atoms with Gasteiger partial charge in [-0.15, -0.1) is 23.1 Å². The summed E-state index contributed by atoms with van der Waals surface area (Å²) >= 11 is 3.83. The highest BCUT2D eigenvalue weighted by Gasteiger charge is 2.13. The van der Waals surface area contributed by atoms with E-state index in [0.29, 0.717) is 9.93 Å². The second-order valence-corrected chi connectivity index (χ2v) is 9.82. The molecule has 34 heavy (non-hydrogen) atoms. The van der Waals surface area contributed by atoms with Crippen LogP contribution in [-0.2, 0) is 25.7 Å². The molecule has 1 N–H and O–H groups in total. The zero-order valence-electron chi connectivity index (χ0n) is 18.1. The number of ether oxygens (including phenoxy) is 1. The molecule has 4 rings (SSSR count). The molecule has 0 spiro atoms. The fourth-order valence-corrected chi connectivity index (χ4v) is 5.43. The third-order valence-electron chi connectivity index (χ3n) is 4.60. The first-order valence-electron chi connectivity index (χ1n) is 10.1. The predicted octanol–water partition coefficient (Wildman–Crippen LogP) is 3.80. The van der Waals surface area contributed by atoms with Gasteiger partial charge in [-0.25, -0.2) is 4.98 Å². The Kier molecular flexibility index (Phi) is 7.88. The summed E-state index contributed by atoms with van der Waals surface area (Å²) in [6.45, 7) is -0.0407. The minimum atomic E-state index is -0.430. The highest BCUT2D eigenvalue weighted by atomic mass is 32.2. The molecule has 2 aromatic heterocycles. The summed E-state index contributed by atoms with van der Waals surface area (Å²) in [5.74, 6) is -0.928. The van der Waals surface area contributed by atoms with Crippen molar-refractivity contribution >= 4 is 67.6 Å². The lowest BCUT2D eigenvalue weighted by Crippen LogP contribution is -2.23. The van der Waals surface area contributed by atoms with Crippen LogP contribution in [0.2, 0.25) is 0 Å². The van der Waals surface area contributed by atoms with Crippen LogP contribution in [-0.4, -0.2) is 46.0 Å². The Morgan fingerprint density at radius 2 is 1.85 bits per heavy atom. The van der Waals surface area contributed by atoms with Gasteiger partial charge in [0, 0.05) is 10.9 Å². The number of nitrogens with one attached hydrogen (secondary N) is 1. The minimum absolute atomic E-state index is 0.0347. The molecule has 0 fully saturated rings. The number of thioether (sulfide) groups is 1. The maximum absolute atomic E-state index is 12.4. The number of methoxy groups -OCH3 is 1. The summed E-state index contributed by atoms with van der Waals surface area (Å²) in [5, 5.41) is 5.16. The van der Waals surface area contributed by atoms with Gasteiger partial charge in [0.05, 0.1) is 34.5 Å². The average Bonchev–Trinajstić information content (AvgIpc) is 3.44. The van der Waals surface area contributed by atoms with Gasteiger partial charge in [-0.2, -0.15) is 4.99 Å². The van der Waals surface area contributed by atoms with Crippen LogP contribution in [0.3, 0.4) is 0 Å². The van der Waals surface area contributed by atoms with Gasteiger partial charge in [0.15, 0.2) is 9.93 Å². The average molecular weight is 513 g/mol. The van der Waals surface area contributed by atoms with Crippen molar-refractivity contribution in [2.24, 2.45) is 4.99 Å². The molecule has 0 aliphatic rings. The van der Waals surface area contributed by atoms with Crippen LogP contribution < -0.4 is 10.1 Å². The van der Waals surface area contributed by atoms with Crippen LogP contribution in [0.25, 0.3) is 21.5 Å². The third-order valence-corrected chi connectivity index (χ3v) is 7.34. The second-order valence-electron chi connectivity index (χ2n) is 6.97. The topological polar surface area (TPSA) is 103 Å². The molecular weight excluding hydrogens is 492 g/mol. The SMILES string of the molecule is COC(=O)Cn1c(=NC(=O)CSCC(=O)Nc2nc(-c3ccccc3)cs2)sc2ccccc21. The zero-order chi connectivity index (χ0) is 23.9. The molecular formula is C23H20N4O4S3. The first-order chi connectivity index (χ1) is 16.5. The summed E-state index contributed by atoms with van der Waals surface area (Å²) in [4.78, 5) is 45.6. The molecule has 8 nitrogen and oxygen atoms in total. The number of thiazole rings is 2. The van der Waals surface area contributed by atoms with Gasteiger partial charge in [0.1, 0.15) is 6.54 Å². The summed E-state index contributed by atoms with van der Waals surface area (Å²) in [7, 11) is 1.31. The lowest BCUT2D eigenvalue weighted by atomic mass is 10.2. The Bertz CT molecular complexity index is 1390. The molecule has 0 aliphatic heterocycles. The molecule has 0 saturated heterocycles. The molecule has 0 unspecified atom stereocenters. The second kappa shape index (κ2) is 11.2. The standard InChI is InChI=1S/C23H20N4O4S3/c1-31-21(30)11-27-17-9-5-6-10-18(17)34-23(27)26-20(29)14-32-13-19(28)25-22-24-16(12-33-22)15-7-3-2-4-8-15/h2-10,12H,11,13-14H2,1H3,(H,24,25,28). The van der Waals surface area contributed by atoms with Gasteiger partial charge < -0.3 is 14.6 Å². The summed E-state index contributed by atoms with van der Waals surface area (Å²) in [6.07, 6.45) is 0. The lowest BCUT2D eigenvalue weighted by Gasteiger charge is -2.03. The van der Waals surface area contributed by atoms with E-state index in [1.807, 2.05) is 60.0 Å². The maximum atomic E-state index is 12.4. The number of fused-ring (bicyclic) bond motifs is 1. The number of anilines is 1. The number of esters is 1. The van der Waals surface area contributed by atoms with Gasteiger partial charge in [0.25, 0.3) is 5.91 Å². The van der Waals surface area contributed by atoms with Crippen molar-refractivity contribution in [2.75, 3.05) is 23.9 Å². The quantitative estimate of drug-likeness (QED) is 0.360. The maximum Gasteiger partial charge on any atom is 0.325 e. The Hall–Kier alpha value is -3.28. The third kappa shape index (κ3) is 5.99. The first kappa shape index (κ1) is 23.9. The van der Waals surface area contributed by atoms with E-state index in [1.54, 1.807) is 4.57 Å². The van der Waals surface area contributed by atoms with Crippen LogP contribution >= 0.6 is 34.4 Å². The predicted molar refractivity (Wildman–Crippen MR) is 136 cm³/mol. The van der Waals surface area contributed by atoms with Gasteiger partial charge >= 0.3 is 5.97 Å². The van der Waals surface area contributed by atoms with E-state index in [0.717, 1.165) is 21.5 Å². The lowest BCUT2D eigenvalue weighted by molar-refractivity contribution is -0.141. The van der Waals surface area contributed by atoms with Crippen molar-refractivity contribution in [2.45, 2.75) is 6.54 Å². The van der Waals surface area contributed by atoms with Gasteiger partial charge in [-0.05, 0) is 12.1 Å². The normalized spacial score (nSPS) is 11.5. The van der Waals surface area contributed by atoms with Gasteiger partial charge in [-0.3, -0.25) is 14.4 Å². The van der Waals surface area contributed by atoms with Crippen molar-refractivity contribution in [1.82, 2.24) is 9.55 Å². The zero-order valence-corrected chi connectivity index (χ0v) is 20.5. The van der Waals surface area contributed by atoms with Crippen LogP contribution in [0.4, 0.5) is 5.13 Å². The van der Waals surface area contributed by atoms with E-state index >= 15 is 0 Å². The van der Waals surface area contributed by atoms with E-state index in [1.165, 1.54) is 41.5 Å². The Morgan fingerprint density at radius 3 is 2.65 bits per heavy atom. The van der Waals surface area contributed by atoms with E-state index in [9.17, 15) is 14.4 Å². The minimum Gasteiger partial charge on any atom is -0.468 e. The molecule has 0 aliphatic carbocycles. The van der Waals surface area contributed by atoms with Gasteiger partial charge in [0.2, 0.25) is 5.91 Å². The van der Waals surface area contributed by atoms with Gasteiger partial charge in [-0.1, -0.05) is 53.8 Å². The molecule has 174 valence electrons. The number of hydrogen-bond donors (Lipinski definition) is 1. The monoisotopic (exact) mass is 512 g/mol. The summed E-state index contributed by atoms with van der Waals surface area (Å²) < 4.78 is 7.33. The summed E-state index contributed by atoms with van der Waals surface area (Å²) in [6, 6.07) is 17.2. The number of rotatable bonds is 8. The number of hydrogen-bond acceptors (Lipinski definition) is 8. The summed E-state index contributed by atoms with van der Waals surface area (Å²) in [5.41, 5.74) is 2.58. The van der Waals surface area contributed by atoms with Crippen molar-refractivity contribution < 1.29 is 19.1 Å². The first-order valence-corrected chi connectivity index (χ1v) is 13.0. The Morgan fingerprint density at radius 1 is 1.09 bits per heavy atom. The number of nitrogens with zero attached hydrogens (tertiary/aromatic N) is 3. The smallest absolute Gasteiger partial charge is 0.325 e. The molecule has 2 aromatic carbocycles. The molecule has 11 heteroatoms. The van der Waals surface area contributed by atoms with E-state index < -0.39 is 5.97 Å². The number of carbonyl (C=O) groups is 3. The van der Waals surface area contributed by atoms with Crippen molar-refractivity contribution in [3.63, 3.8) is 0 Å². The van der Waals surface area contributed by atoms with E-state index in [2.05, 4.69) is 15.3 Å². The van der Waals surface area contributed by atoms with E-state index in [-0.39, 0.29) is 29.9 Å². The van der Waals surface area contributed by atoms with Crippen molar-refractivity contribution in [3.05, 3.63) is 64.8 Å². The van der Waals surface area contributed by atoms with Crippen molar-refractivity contribution in [3.8, 4) is 11.3 Å². The number of benzene rings is 2. The molecule has 4 aromatic rings. The van der Waals surface area contributed by atoms with Crippen LogP contribution in [0.1, 0.15) is 0 Å². The molecule has 0 saturated carbocycles. The molecule has 2 amide bonds. The molecule has 2 heterocycles. The fourth-order valence-electron chi connectivity index (χ4n) is 3.05. The number of carbonyl (C=O) groups excluding carboxylic acids is 3. The Balaban J connectivity index is 1.35. The number of aromatic nitrogens is 2. The highest BCUT2D eigenvalue weighted by Crippen LogP contribution is 2.24. The molecule has 0 atom stereocenters. The molecule has 0 bridgehead atoms. The Labute approximate surface area is 207 Å². The number of amides is 2. The number of para-hydroxylation sites is 1. The molecule has 0 radical (unpaired) electrons. The van der Waals surface area contributed by atoms with Crippen LogP contribution in [0, 0.1) is 0 Å². The fraction of sp³-hybridized carbons (Fsp3) is 0.174. The van der Waals surface area contributed by atoms with Crippen molar-refractivity contribution in [1.29, 1.82) is 0 Å². The van der Waals surface area contributed by atoms with Crippen LogP contribution in [0.15, 0.2) is 65.0 Å². The largest absolute Gasteiger partial charge is 0.468 e.